The second-order valence-corrected chi connectivity index (χ2v) is 16.1. The standard InChI is InChI=1S/C26H33N3O2.C19H26BrN3O/c1-28(22-8-4-3-5-9-22)18-16-27-25(30)19-29-17-15-21-7-6-10-24(26(21)29)20-11-13-23(31-2)14-12-20;1-22(16-7-3-2-4-8-16)13-11-21-18(24)14-23-12-10-15-6-5-9-17(20)19(15)23/h6-7,10-15,17,22H,3-5,8-9,16,18-19H2,1-2H3,(H,27,30);5-6,9-10,12,16H,2-4,7-8,11,13-14H2,1H3,(H,21,24). The number of rotatable bonds is 14. The molecular formula is C45H59BrN6O3. The second kappa shape index (κ2) is 20.2. The summed E-state index contributed by atoms with van der Waals surface area (Å²) in [6.45, 7) is 3.91. The summed E-state index contributed by atoms with van der Waals surface area (Å²) in [6, 6.07) is 25.9. The summed E-state index contributed by atoms with van der Waals surface area (Å²) in [4.78, 5) is 29.7. The third-order valence-corrected chi connectivity index (χ3v) is 12.2. The zero-order valence-corrected chi connectivity index (χ0v) is 34.5. The zero-order chi connectivity index (χ0) is 38.6. The van der Waals surface area contributed by atoms with Gasteiger partial charge >= 0.3 is 0 Å². The molecule has 294 valence electrons. The molecule has 3 aromatic carbocycles. The normalized spacial score (nSPS) is 15.3. The number of fused-ring (bicyclic) bond motifs is 2. The SMILES string of the molecule is CN(CCNC(=O)Cn1ccc2cccc(Br)c21)C1CCCCC1.COc1ccc(-c2cccc3ccn(CC(=O)NCCN(C)C4CCCCC4)c23)cc1. The summed E-state index contributed by atoms with van der Waals surface area (Å²) >= 11 is 3.57. The van der Waals surface area contributed by atoms with E-state index >= 15 is 0 Å². The van der Waals surface area contributed by atoms with E-state index in [4.69, 9.17) is 4.74 Å². The molecule has 2 amide bonds. The molecule has 2 saturated carbocycles. The summed E-state index contributed by atoms with van der Waals surface area (Å²) < 4.78 is 10.4. The molecule has 0 saturated heterocycles. The fourth-order valence-electron chi connectivity index (χ4n) is 8.32. The fourth-order valence-corrected chi connectivity index (χ4v) is 8.93. The predicted octanol–water partition coefficient (Wildman–Crippen LogP) is 8.48. The zero-order valence-electron chi connectivity index (χ0n) is 32.9. The molecule has 2 aliphatic rings. The van der Waals surface area contributed by atoms with Crippen LogP contribution in [0.3, 0.4) is 0 Å². The van der Waals surface area contributed by atoms with Gasteiger partial charge in [0.05, 0.1) is 18.1 Å². The lowest BCUT2D eigenvalue weighted by Gasteiger charge is -2.31. The van der Waals surface area contributed by atoms with Crippen LogP contribution in [0.2, 0.25) is 0 Å². The molecule has 0 aliphatic heterocycles. The number of hydrogen-bond acceptors (Lipinski definition) is 5. The van der Waals surface area contributed by atoms with E-state index < -0.39 is 0 Å². The molecule has 2 aromatic heterocycles. The van der Waals surface area contributed by atoms with Crippen LogP contribution in [-0.4, -0.2) is 90.2 Å². The maximum atomic E-state index is 12.7. The quantitative estimate of drug-likeness (QED) is 0.118. The number of nitrogens with zero attached hydrogens (tertiary/aromatic N) is 4. The Hall–Kier alpha value is -4.12. The van der Waals surface area contributed by atoms with Crippen molar-refractivity contribution in [3.63, 3.8) is 0 Å². The number of nitrogens with one attached hydrogen (secondary N) is 2. The van der Waals surface area contributed by atoms with Crippen molar-refractivity contribution < 1.29 is 14.3 Å². The van der Waals surface area contributed by atoms with Gasteiger partial charge in [0.15, 0.2) is 0 Å². The number of aromatic nitrogens is 2. The van der Waals surface area contributed by atoms with Crippen LogP contribution < -0.4 is 15.4 Å². The molecule has 9 nitrogen and oxygen atoms in total. The van der Waals surface area contributed by atoms with Crippen molar-refractivity contribution in [1.82, 2.24) is 29.6 Å². The van der Waals surface area contributed by atoms with Crippen LogP contribution in [-0.2, 0) is 22.7 Å². The van der Waals surface area contributed by atoms with Crippen LogP contribution in [0.15, 0.2) is 89.7 Å². The van der Waals surface area contributed by atoms with Gasteiger partial charge in [0.2, 0.25) is 11.8 Å². The van der Waals surface area contributed by atoms with Crippen molar-refractivity contribution in [2.75, 3.05) is 47.4 Å². The van der Waals surface area contributed by atoms with Crippen molar-refractivity contribution in [3.05, 3.63) is 89.7 Å². The van der Waals surface area contributed by atoms with Crippen LogP contribution >= 0.6 is 15.9 Å². The van der Waals surface area contributed by atoms with E-state index in [1.54, 1.807) is 7.11 Å². The van der Waals surface area contributed by atoms with Gasteiger partial charge in [-0.05, 0) is 91.6 Å². The Morgan fingerprint density at radius 2 is 1.16 bits per heavy atom. The topological polar surface area (TPSA) is 83.8 Å². The van der Waals surface area contributed by atoms with Gasteiger partial charge < -0.3 is 34.3 Å². The molecule has 0 atom stereocenters. The summed E-state index contributed by atoms with van der Waals surface area (Å²) in [5.41, 5.74) is 4.39. The number of likely N-dealkylation sites (N-methyl/N-ethyl adjacent to an activating group) is 2. The molecule has 0 bridgehead atoms. The maximum Gasteiger partial charge on any atom is 0.239 e. The lowest BCUT2D eigenvalue weighted by molar-refractivity contribution is -0.122. The smallest absolute Gasteiger partial charge is 0.239 e. The van der Waals surface area contributed by atoms with Gasteiger partial charge in [-0.25, -0.2) is 0 Å². The molecule has 0 unspecified atom stereocenters. The maximum absolute atomic E-state index is 12.7. The first kappa shape index (κ1) is 40.5. The van der Waals surface area contributed by atoms with E-state index in [2.05, 4.69) is 97.5 Å². The summed E-state index contributed by atoms with van der Waals surface area (Å²) in [5, 5.41) is 8.45. The van der Waals surface area contributed by atoms with Crippen molar-refractivity contribution in [2.45, 2.75) is 89.4 Å². The number of benzene rings is 3. The molecule has 2 fully saturated rings. The largest absolute Gasteiger partial charge is 0.497 e. The van der Waals surface area contributed by atoms with E-state index in [0.29, 0.717) is 38.3 Å². The molecule has 2 aliphatic carbocycles. The first-order valence-corrected chi connectivity index (χ1v) is 21.0. The van der Waals surface area contributed by atoms with E-state index in [1.807, 2.05) is 47.3 Å². The molecule has 2 heterocycles. The third-order valence-electron chi connectivity index (χ3n) is 11.5. The van der Waals surface area contributed by atoms with Crippen LogP contribution in [0.1, 0.15) is 64.2 Å². The molecular weight excluding hydrogens is 752 g/mol. The summed E-state index contributed by atoms with van der Waals surface area (Å²) in [6.07, 6.45) is 17.2. The molecule has 2 N–H and O–H groups in total. The average Bonchev–Trinajstić information content (AvgIpc) is 3.83. The van der Waals surface area contributed by atoms with Crippen molar-refractivity contribution in [1.29, 1.82) is 0 Å². The van der Waals surface area contributed by atoms with E-state index in [0.717, 1.165) is 56.2 Å². The lowest BCUT2D eigenvalue weighted by atomic mass is 9.94. The highest BCUT2D eigenvalue weighted by molar-refractivity contribution is 9.10. The van der Waals surface area contributed by atoms with Crippen LogP contribution in [0.25, 0.3) is 32.9 Å². The molecule has 10 heteroatoms. The number of halogens is 1. The number of methoxy groups -OCH3 is 1. The first-order valence-electron chi connectivity index (χ1n) is 20.2. The Bertz CT molecular complexity index is 1980. The van der Waals surface area contributed by atoms with Crippen LogP contribution in [0.4, 0.5) is 0 Å². The third kappa shape index (κ3) is 11.0. The summed E-state index contributed by atoms with van der Waals surface area (Å²) in [5.74, 6) is 0.961. The number of carbonyl (C=O) groups is 2. The number of amides is 2. The van der Waals surface area contributed by atoms with Crippen molar-refractivity contribution in [2.24, 2.45) is 0 Å². The van der Waals surface area contributed by atoms with Gasteiger partial charge in [-0.1, -0.05) is 81.0 Å². The first-order chi connectivity index (χ1) is 26.8. The number of carbonyl (C=O) groups excluding carboxylic acids is 2. The van der Waals surface area contributed by atoms with Crippen LogP contribution in [0, 0.1) is 0 Å². The summed E-state index contributed by atoms with van der Waals surface area (Å²) in [7, 11) is 6.04. The predicted molar refractivity (Wildman–Crippen MR) is 229 cm³/mol. The van der Waals surface area contributed by atoms with E-state index in [9.17, 15) is 9.59 Å². The number of ether oxygens (including phenoxy) is 1. The van der Waals surface area contributed by atoms with Crippen molar-refractivity contribution in [3.8, 4) is 16.9 Å². The minimum Gasteiger partial charge on any atom is -0.497 e. The van der Waals surface area contributed by atoms with Gasteiger partial charge in [0.1, 0.15) is 18.8 Å². The van der Waals surface area contributed by atoms with E-state index in [-0.39, 0.29) is 11.8 Å². The Morgan fingerprint density at radius 1 is 0.673 bits per heavy atom. The Kier molecular flexibility index (Phi) is 14.9. The molecule has 0 spiro atoms. The van der Waals surface area contributed by atoms with Gasteiger partial charge in [-0.3, -0.25) is 9.59 Å². The highest BCUT2D eigenvalue weighted by Crippen LogP contribution is 2.31. The van der Waals surface area contributed by atoms with Gasteiger partial charge in [0.25, 0.3) is 0 Å². The fraction of sp³-hybridized carbons (Fsp3) is 0.467. The van der Waals surface area contributed by atoms with Crippen molar-refractivity contribution >= 4 is 49.6 Å². The molecule has 55 heavy (non-hydrogen) atoms. The van der Waals surface area contributed by atoms with Gasteiger partial charge in [-0.15, -0.1) is 0 Å². The minimum absolute atomic E-state index is 0.0547. The Labute approximate surface area is 335 Å². The second-order valence-electron chi connectivity index (χ2n) is 15.3. The average molecular weight is 812 g/mol. The minimum atomic E-state index is 0.0547. The highest BCUT2D eigenvalue weighted by atomic mass is 79.9. The van der Waals surface area contributed by atoms with Gasteiger partial charge in [0, 0.05) is 71.5 Å². The number of hydrogen-bond donors (Lipinski definition) is 2. The lowest BCUT2D eigenvalue weighted by Crippen LogP contribution is -2.40. The Balaban J connectivity index is 0.000000193. The molecule has 5 aromatic rings. The Morgan fingerprint density at radius 3 is 1.69 bits per heavy atom. The molecule has 0 radical (unpaired) electrons. The van der Waals surface area contributed by atoms with Gasteiger partial charge in [-0.2, -0.15) is 0 Å². The monoisotopic (exact) mass is 810 g/mol. The highest BCUT2D eigenvalue weighted by Gasteiger charge is 2.19. The van der Waals surface area contributed by atoms with E-state index in [1.165, 1.54) is 64.2 Å². The van der Waals surface area contributed by atoms with Crippen LogP contribution in [0.5, 0.6) is 5.75 Å². The molecule has 7 rings (SSSR count). The number of para-hydroxylation sites is 2.